The summed E-state index contributed by atoms with van der Waals surface area (Å²) in [5, 5.41) is 0. The lowest BCUT2D eigenvalue weighted by atomic mass is 10.2. The van der Waals surface area contributed by atoms with Crippen molar-refractivity contribution < 1.29 is 27.4 Å². The van der Waals surface area contributed by atoms with E-state index >= 15 is 0 Å². The molecular weight excluding hydrogens is 378 g/mol. The van der Waals surface area contributed by atoms with Crippen LogP contribution in [-0.4, -0.2) is 23.9 Å². The van der Waals surface area contributed by atoms with Crippen LogP contribution in [0.2, 0.25) is 0 Å². The van der Waals surface area contributed by atoms with Crippen molar-refractivity contribution in [1.29, 1.82) is 0 Å². The smallest absolute Gasteiger partial charge is 0.466 e. The Balaban J connectivity index is 3.09. The van der Waals surface area contributed by atoms with Gasteiger partial charge in [0.05, 0.1) is 22.3 Å². The van der Waals surface area contributed by atoms with E-state index in [1.165, 1.54) is 6.07 Å². The molecule has 0 aliphatic carbocycles. The molecule has 0 N–H and O–H groups in total. The Hall–Kier alpha value is -1.06. The lowest BCUT2D eigenvalue weighted by Gasteiger charge is -2.14. The first-order chi connectivity index (χ1) is 8.73. The average molecular weight is 389 g/mol. The zero-order valence-electron chi connectivity index (χ0n) is 10.2. The fourth-order valence-electron chi connectivity index (χ4n) is 1.37. The van der Waals surface area contributed by atoms with Crippen LogP contribution in [0.25, 0.3) is 0 Å². The second-order valence-electron chi connectivity index (χ2n) is 3.55. The summed E-state index contributed by atoms with van der Waals surface area (Å²) in [5.74, 6) is -1.10. The number of alkyl halides is 3. The summed E-state index contributed by atoms with van der Waals surface area (Å²) >= 11 is 1.70. The van der Waals surface area contributed by atoms with Gasteiger partial charge in [-0.05, 0) is 42.5 Å². The summed E-state index contributed by atoms with van der Waals surface area (Å²) in [6.45, 7) is 3.38. The lowest BCUT2D eigenvalue weighted by molar-refractivity contribution is -0.275. The Kier molecular flexibility index (Phi) is 5.39. The lowest BCUT2D eigenvalue weighted by Crippen LogP contribution is -2.21. The normalized spacial score (nSPS) is 11.3. The first-order valence-corrected chi connectivity index (χ1v) is 6.38. The molecule has 1 rings (SSSR count). The number of hydrogen-bond acceptors (Lipinski definition) is 4. The second kappa shape index (κ2) is 6.40. The van der Waals surface area contributed by atoms with E-state index in [0.717, 1.165) is 0 Å². The minimum atomic E-state index is -4.83. The summed E-state index contributed by atoms with van der Waals surface area (Å²) in [7, 11) is 0. The van der Waals surface area contributed by atoms with Gasteiger partial charge in [0.25, 0.3) is 0 Å². The Labute approximate surface area is 121 Å². The molecule has 0 fully saturated rings. The molecule has 0 atom stereocenters. The second-order valence-corrected chi connectivity index (χ2v) is 4.71. The van der Waals surface area contributed by atoms with Gasteiger partial charge in [-0.15, -0.1) is 13.2 Å². The number of hydrogen-bond donors (Lipinski definition) is 0. The van der Waals surface area contributed by atoms with Gasteiger partial charge in [0.1, 0.15) is 0 Å². The van der Waals surface area contributed by atoms with Crippen LogP contribution in [0.15, 0.2) is 6.07 Å². The fraction of sp³-hybridized carbons (Fsp3) is 0.455. The maximum absolute atomic E-state index is 12.3. The van der Waals surface area contributed by atoms with E-state index in [4.69, 9.17) is 4.74 Å². The molecule has 0 bridgehead atoms. The molecule has 1 aromatic heterocycles. The Morgan fingerprint density at radius 1 is 1.47 bits per heavy atom. The van der Waals surface area contributed by atoms with Crippen LogP contribution < -0.4 is 4.74 Å². The quantitative estimate of drug-likeness (QED) is 0.587. The largest absolute Gasteiger partial charge is 0.573 e. The maximum Gasteiger partial charge on any atom is 0.573 e. The van der Waals surface area contributed by atoms with Crippen molar-refractivity contribution in [2.45, 2.75) is 26.6 Å². The highest BCUT2D eigenvalue weighted by molar-refractivity contribution is 14.1. The van der Waals surface area contributed by atoms with Gasteiger partial charge in [-0.25, -0.2) is 0 Å². The zero-order chi connectivity index (χ0) is 14.6. The third-order valence-corrected chi connectivity index (χ3v) is 2.76. The summed E-state index contributed by atoms with van der Waals surface area (Å²) in [4.78, 5) is 15.3. The number of pyridine rings is 1. The van der Waals surface area contributed by atoms with Gasteiger partial charge in [-0.2, -0.15) is 0 Å². The minimum Gasteiger partial charge on any atom is -0.466 e. The number of rotatable bonds is 4. The van der Waals surface area contributed by atoms with E-state index in [0.29, 0.717) is 5.69 Å². The number of esters is 1. The molecule has 0 aliphatic rings. The predicted molar refractivity (Wildman–Crippen MR) is 68.7 cm³/mol. The van der Waals surface area contributed by atoms with Crippen LogP contribution in [0.5, 0.6) is 5.75 Å². The molecule has 0 amide bonds. The van der Waals surface area contributed by atoms with Crippen LogP contribution in [0, 0.1) is 10.5 Å². The van der Waals surface area contributed by atoms with Gasteiger partial charge >= 0.3 is 12.3 Å². The Morgan fingerprint density at radius 2 is 2.11 bits per heavy atom. The number of carbonyl (C=O) groups excluding carboxylic acids is 1. The molecule has 4 nitrogen and oxygen atoms in total. The van der Waals surface area contributed by atoms with Crippen molar-refractivity contribution in [3.8, 4) is 5.75 Å². The summed E-state index contributed by atoms with van der Waals surface area (Å²) < 4.78 is 45.8. The van der Waals surface area contributed by atoms with E-state index in [9.17, 15) is 18.0 Å². The maximum atomic E-state index is 12.3. The molecule has 0 radical (unpaired) electrons. The van der Waals surface area contributed by atoms with Gasteiger partial charge in [0.15, 0.2) is 5.75 Å². The van der Waals surface area contributed by atoms with Gasteiger partial charge in [-0.3, -0.25) is 9.78 Å². The number of aryl methyl sites for hydroxylation is 1. The topological polar surface area (TPSA) is 48.4 Å². The summed E-state index contributed by atoms with van der Waals surface area (Å²) in [6, 6.07) is 1.44. The number of halogens is 4. The van der Waals surface area contributed by atoms with E-state index in [1.54, 1.807) is 36.4 Å². The molecule has 1 heterocycles. The van der Waals surface area contributed by atoms with Crippen molar-refractivity contribution in [2.75, 3.05) is 6.61 Å². The first-order valence-electron chi connectivity index (χ1n) is 5.30. The Bertz CT molecular complexity index is 477. The number of aromatic nitrogens is 1. The SMILES string of the molecule is CCOC(=O)Cc1nc(C)cc(I)c1OC(F)(F)F. The van der Waals surface area contributed by atoms with E-state index in [1.807, 2.05) is 0 Å². The first kappa shape index (κ1) is 16.0. The monoisotopic (exact) mass is 389 g/mol. The van der Waals surface area contributed by atoms with E-state index in [-0.39, 0.29) is 22.3 Å². The molecule has 0 saturated carbocycles. The van der Waals surface area contributed by atoms with Gasteiger partial charge < -0.3 is 9.47 Å². The fourth-order valence-corrected chi connectivity index (χ4v) is 2.25. The van der Waals surface area contributed by atoms with Crippen LogP contribution in [0.1, 0.15) is 18.3 Å². The van der Waals surface area contributed by atoms with E-state index < -0.39 is 18.1 Å². The van der Waals surface area contributed by atoms with Crippen molar-refractivity contribution in [1.82, 2.24) is 4.98 Å². The molecule has 1 aromatic rings. The molecule has 8 heteroatoms. The van der Waals surface area contributed by atoms with Crippen molar-refractivity contribution in [3.05, 3.63) is 21.0 Å². The highest BCUT2D eigenvalue weighted by Gasteiger charge is 2.34. The molecule has 0 spiro atoms. The van der Waals surface area contributed by atoms with Crippen LogP contribution >= 0.6 is 22.6 Å². The average Bonchev–Trinajstić information content (AvgIpc) is 2.22. The van der Waals surface area contributed by atoms with Crippen LogP contribution in [0.4, 0.5) is 13.2 Å². The highest BCUT2D eigenvalue weighted by Crippen LogP contribution is 2.31. The van der Waals surface area contributed by atoms with Crippen LogP contribution in [0.3, 0.4) is 0 Å². The number of ether oxygens (including phenoxy) is 2. The summed E-state index contributed by atoms with van der Waals surface area (Å²) in [5.41, 5.74) is 0.415. The molecule has 0 unspecified atom stereocenters. The zero-order valence-corrected chi connectivity index (χ0v) is 12.3. The summed E-state index contributed by atoms with van der Waals surface area (Å²) in [6.07, 6.45) is -5.20. The highest BCUT2D eigenvalue weighted by atomic mass is 127. The number of carbonyl (C=O) groups is 1. The van der Waals surface area contributed by atoms with Crippen molar-refractivity contribution in [3.63, 3.8) is 0 Å². The standard InChI is InChI=1S/C11H11F3INO3/c1-3-18-9(17)5-8-10(19-11(12,13)14)7(15)4-6(2)16-8/h4H,3,5H2,1-2H3. The number of nitrogens with zero attached hydrogens (tertiary/aromatic N) is 1. The molecular formula is C11H11F3INO3. The van der Waals surface area contributed by atoms with Gasteiger partial charge in [0.2, 0.25) is 0 Å². The Morgan fingerprint density at radius 3 is 2.63 bits per heavy atom. The third-order valence-electron chi connectivity index (χ3n) is 1.96. The van der Waals surface area contributed by atoms with Gasteiger partial charge in [-0.1, -0.05) is 0 Å². The molecule has 0 aromatic carbocycles. The van der Waals surface area contributed by atoms with Crippen molar-refractivity contribution in [2.24, 2.45) is 0 Å². The van der Waals surface area contributed by atoms with Crippen molar-refractivity contribution >= 4 is 28.6 Å². The molecule has 19 heavy (non-hydrogen) atoms. The minimum absolute atomic E-state index is 0.0832. The van der Waals surface area contributed by atoms with Crippen LogP contribution in [-0.2, 0) is 16.0 Å². The third kappa shape index (κ3) is 5.21. The molecule has 106 valence electrons. The molecule has 0 aliphatic heterocycles. The van der Waals surface area contributed by atoms with Gasteiger partial charge in [0, 0.05) is 5.69 Å². The van der Waals surface area contributed by atoms with E-state index in [2.05, 4.69) is 9.72 Å². The predicted octanol–water partition coefficient (Wildman–Crippen LogP) is 3.00. The molecule has 0 saturated heterocycles.